The highest BCUT2D eigenvalue weighted by molar-refractivity contribution is 5.91. The molecule has 0 aromatic heterocycles. The molecule has 1 fully saturated rings. The molecule has 0 saturated heterocycles. The molecule has 2 aromatic rings. The zero-order valence-corrected chi connectivity index (χ0v) is 21.3. The number of carbonyl (C=O) groups is 4. The number of benzene rings is 2. The van der Waals surface area contributed by atoms with Crippen molar-refractivity contribution >= 4 is 23.8 Å². The monoisotopic (exact) mass is 528 g/mol. The topological polar surface area (TPSA) is 133 Å². The lowest BCUT2D eigenvalue weighted by Gasteiger charge is -2.32. The van der Waals surface area contributed by atoms with Gasteiger partial charge in [0.15, 0.2) is 0 Å². The van der Waals surface area contributed by atoms with Crippen molar-refractivity contribution in [2.45, 2.75) is 44.6 Å². The molecule has 10 heteroatoms. The summed E-state index contributed by atoms with van der Waals surface area (Å²) in [5.74, 6) is -5.37. The van der Waals surface area contributed by atoms with Crippen molar-refractivity contribution in [2.24, 2.45) is 11.8 Å². The number of carbonyl (C=O) groups excluding carboxylic acids is 2. The van der Waals surface area contributed by atoms with Crippen LogP contribution in [0.25, 0.3) is 0 Å². The predicted molar refractivity (Wildman–Crippen MR) is 136 cm³/mol. The number of carboxylic acids is 2. The van der Waals surface area contributed by atoms with E-state index in [2.05, 4.69) is 5.32 Å². The quantitative estimate of drug-likeness (QED) is 0.384. The van der Waals surface area contributed by atoms with Gasteiger partial charge in [-0.2, -0.15) is 0 Å². The molecule has 1 saturated carbocycles. The second kappa shape index (κ2) is 13.6. The number of rotatable bonds is 12. The lowest BCUT2D eigenvalue weighted by Crippen LogP contribution is -2.48. The van der Waals surface area contributed by atoms with Gasteiger partial charge in [0.05, 0.1) is 25.4 Å². The molecule has 0 bridgehead atoms. The number of para-hydroxylation sites is 1. The van der Waals surface area contributed by atoms with Crippen LogP contribution in [-0.2, 0) is 25.6 Å². The lowest BCUT2D eigenvalue weighted by atomic mass is 9.78. The van der Waals surface area contributed by atoms with Gasteiger partial charge in [-0.25, -0.2) is 4.39 Å². The van der Waals surface area contributed by atoms with E-state index in [0.29, 0.717) is 37.9 Å². The Bertz CT molecular complexity index is 1160. The van der Waals surface area contributed by atoms with Gasteiger partial charge >= 0.3 is 11.9 Å². The number of nitrogens with zero attached hydrogens (tertiary/aromatic N) is 1. The second-order valence-electron chi connectivity index (χ2n) is 9.33. The first-order valence-corrected chi connectivity index (χ1v) is 12.6. The Morgan fingerprint density at radius 1 is 1.00 bits per heavy atom. The minimum Gasteiger partial charge on any atom is -0.496 e. The molecule has 0 aliphatic heterocycles. The van der Waals surface area contributed by atoms with Gasteiger partial charge in [0, 0.05) is 18.7 Å². The molecule has 3 atom stereocenters. The average molecular weight is 529 g/mol. The summed E-state index contributed by atoms with van der Waals surface area (Å²) in [6.45, 7) is -0.0696. The van der Waals surface area contributed by atoms with Crippen molar-refractivity contribution in [1.82, 2.24) is 10.2 Å². The predicted octanol–water partition coefficient (Wildman–Crippen LogP) is 3.43. The van der Waals surface area contributed by atoms with E-state index in [1.54, 1.807) is 12.1 Å². The molecule has 2 aromatic carbocycles. The van der Waals surface area contributed by atoms with E-state index < -0.39 is 47.4 Å². The van der Waals surface area contributed by atoms with Crippen molar-refractivity contribution < 1.29 is 38.5 Å². The van der Waals surface area contributed by atoms with E-state index in [4.69, 9.17) is 4.74 Å². The van der Waals surface area contributed by atoms with Crippen LogP contribution in [0.3, 0.4) is 0 Å². The maximum absolute atomic E-state index is 14.9. The molecule has 1 aliphatic carbocycles. The molecule has 3 unspecified atom stereocenters. The van der Waals surface area contributed by atoms with E-state index in [-0.39, 0.29) is 25.1 Å². The third kappa shape index (κ3) is 7.30. The van der Waals surface area contributed by atoms with E-state index in [1.807, 2.05) is 12.1 Å². The van der Waals surface area contributed by atoms with E-state index in [0.717, 1.165) is 5.56 Å². The summed E-state index contributed by atoms with van der Waals surface area (Å²) in [6, 6.07) is 11.3. The Labute approximate surface area is 220 Å². The van der Waals surface area contributed by atoms with Gasteiger partial charge in [-0.05, 0) is 37.0 Å². The first kappa shape index (κ1) is 28.6. The minimum absolute atomic E-state index is 0.0776. The van der Waals surface area contributed by atoms with Gasteiger partial charge in [-0.15, -0.1) is 0 Å². The molecule has 3 rings (SSSR count). The molecule has 0 heterocycles. The van der Waals surface area contributed by atoms with Gasteiger partial charge in [0.1, 0.15) is 17.6 Å². The molecule has 1 aliphatic rings. The van der Waals surface area contributed by atoms with Crippen LogP contribution < -0.4 is 10.1 Å². The molecule has 9 nitrogen and oxygen atoms in total. The Morgan fingerprint density at radius 3 is 2.32 bits per heavy atom. The van der Waals surface area contributed by atoms with Crippen LogP contribution in [0.2, 0.25) is 0 Å². The molecule has 0 spiro atoms. The standard InChI is InChI=1S/C28H33FN2O7/c1-38-23-13-7-2-8-18(23)14-16-31(17-15-24(32)33)27(35)25(21-11-5-6-12-22(21)29)30-26(34)19-9-3-4-10-20(19)28(36)37/h2,5-8,11-13,19-20,25H,3-4,9-10,14-17H2,1H3,(H,30,34)(H,32,33)(H,36,37). The average Bonchev–Trinajstić information content (AvgIpc) is 2.91. The Balaban J connectivity index is 1.90. The molecule has 204 valence electrons. The van der Waals surface area contributed by atoms with Crippen LogP contribution in [0, 0.1) is 17.7 Å². The number of hydrogen-bond acceptors (Lipinski definition) is 5. The second-order valence-corrected chi connectivity index (χ2v) is 9.33. The van der Waals surface area contributed by atoms with Gasteiger partial charge in [0.2, 0.25) is 11.8 Å². The number of halogens is 1. The van der Waals surface area contributed by atoms with Gasteiger partial charge in [-0.1, -0.05) is 49.2 Å². The van der Waals surface area contributed by atoms with Crippen LogP contribution in [0.15, 0.2) is 48.5 Å². The summed E-state index contributed by atoms with van der Waals surface area (Å²) in [7, 11) is 1.52. The fourth-order valence-corrected chi connectivity index (χ4v) is 4.88. The van der Waals surface area contributed by atoms with Crippen molar-refractivity contribution in [3.8, 4) is 5.75 Å². The Kier molecular flexibility index (Phi) is 10.2. The number of carboxylic acid groups (broad SMARTS) is 2. The first-order chi connectivity index (χ1) is 18.2. The number of aliphatic carboxylic acids is 2. The zero-order valence-electron chi connectivity index (χ0n) is 21.3. The molecule has 2 amide bonds. The van der Waals surface area contributed by atoms with Crippen molar-refractivity contribution in [2.75, 3.05) is 20.2 Å². The van der Waals surface area contributed by atoms with Crippen LogP contribution in [0.1, 0.15) is 49.3 Å². The number of methoxy groups -OCH3 is 1. The fraction of sp³-hybridized carbons (Fsp3) is 0.429. The highest BCUT2D eigenvalue weighted by Crippen LogP contribution is 2.32. The van der Waals surface area contributed by atoms with Crippen LogP contribution >= 0.6 is 0 Å². The molecular formula is C28H33FN2O7. The highest BCUT2D eigenvalue weighted by atomic mass is 19.1. The molecular weight excluding hydrogens is 495 g/mol. The van der Waals surface area contributed by atoms with Crippen LogP contribution in [0.4, 0.5) is 4.39 Å². The maximum Gasteiger partial charge on any atom is 0.307 e. The lowest BCUT2D eigenvalue weighted by molar-refractivity contribution is -0.149. The van der Waals surface area contributed by atoms with Gasteiger partial charge < -0.3 is 25.2 Å². The maximum atomic E-state index is 14.9. The third-order valence-electron chi connectivity index (χ3n) is 6.92. The SMILES string of the molecule is COc1ccccc1CCN(CCC(=O)O)C(=O)C(NC(=O)C1CCCCC1C(=O)O)c1ccccc1F. The first-order valence-electron chi connectivity index (χ1n) is 12.6. The third-order valence-corrected chi connectivity index (χ3v) is 6.92. The summed E-state index contributed by atoms with van der Waals surface area (Å²) < 4.78 is 20.3. The number of amides is 2. The van der Waals surface area contributed by atoms with Gasteiger partial charge in [0.25, 0.3) is 0 Å². The van der Waals surface area contributed by atoms with Crippen LogP contribution in [0.5, 0.6) is 5.75 Å². The Hall–Kier alpha value is -3.95. The summed E-state index contributed by atoms with van der Waals surface area (Å²) in [5.41, 5.74) is 0.715. The summed E-state index contributed by atoms with van der Waals surface area (Å²) in [5, 5.41) is 21.5. The Morgan fingerprint density at radius 2 is 1.66 bits per heavy atom. The van der Waals surface area contributed by atoms with Crippen LogP contribution in [-0.4, -0.2) is 59.1 Å². The van der Waals surface area contributed by atoms with E-state index in [1.165, 1.54) is 36.3 Å². The normalized spacial score (nSPS) is 17.7. The highest BCUT2D eigenvalue weighted by Gasteiger charge is 2.38. The van der Waals surface area contributed by atoms with Crippen molar-refractivity contribution in [3.63, 3.8) is 0 Å². The number of ether oxygens (including phenoxy) is 1. The molecule has 38 heavy (non-hydrogen) atoms. The van der Waals surface area contributed by atoms with Crippen molar-refractivity contribution in [1.29, 1.82) is 0 Å². The summed E-state index contributed by atoms with van der Waals surface area (Å²) >= 11 is 0. The van der Waals surface area contributed by atoms with E-state index in [9.17, 15) is 33.8 Å². The minimum atomic E-state index is -1.45. The van der Waals surface area contributed by atoms with Gasteiger partial charge in [-0.3, -0.25) is 19.2 Å². The van der Waals surface area contributed by atoms with E-state index >= 15 is 0 Å². The smallest absolute Gasteiger partial charge is 0.307 e. The molecule has 3 N–H and O–H groups in total. The number of nitrogens with one attached hydrogen (secondary N) is 1. The summed E-state index contributed by atoms with van der Waals surface area (Å²) in [6.07, 6.45) is 2.02. The zero-order chi connectivity index (χ0) is 27.7. The number of hydrogen-bond donors (Lipinski definition) is 3. The molecule has 0 radical (unpaired) electrons. The van der Waals surface area contributed by atoms with Crippen molar-refractivity contribution in [3.05, 3.63) is 65.5 Å². The fourth-order valence-electron chi connectivity index (χ4n) is 4.88. The largest absolute Gasteiger partial charge is 0.496 e. The summed E-state index contributed by atoms with van der Waals surface area (Å²) in [4.78, 5) is 51.5.